The fourth-order valence-electron chi connectivity index (χ4n) is 3.93. The van der Waals surface area contributed by atoms with Crippen LogP contribution >= 0.6 is 0 Å². The molecule has 0 bridgehead atoms. The fraction of sp³-hybridized carbons (Fsp3) is 0.684. The topological polar surface area (TPSA) is 101 Å². The number of nitrogens with one attached hydrogen (secondary N) is 1. The quantitative estimate of drug-likeness (QED) is 0.709. The van der Waals surface area contributed by atoms with Gasteiger partial charge in [-0.1, -0.05) is 26.8 Å². The number of rotatable bonds is 5. The molecular formula is C19H31N3O3. The largest absolute Gasteiger partial charge is 0.382 e. The molecule has 0 aliphatic heterocycles. The van der Waals surface area contributed by atoms with E-state index in [2.05, 4.69) is 18.0 Å². The van der Waals surface area contributed by atoms with E-state index < -0.39 is 17.4 Å². The molecule has 4 N–H and O–H groups in total. The lowest BCUT2D eigenvalue weighted by molar-refractivity contribution is 0.183. The zero-order valence-electron chi connectivity index (χ0n) is 15.9. The van der Waals surface area contributed by atoms with Gasteiger partial charge in [-0.3, -0.25) is 14.3 Å². The van der Waals surface area contributed by atoms with Gasteiger partial charge >= 0.3 is 5.69 Å². The van der Waals surface area contributed by atoms with E-state index in [-0.39, 0.29) is 12.0 Å². The van der Waals surface area contributed by atoms with Crippen molar-refractivity contribution >= 4 is 0 Å². The van der Waals surface area contributed by atoms with Gasteiger partial charge in [0, 0.05) is 11.6 Å². The Morgan fingerprint density at radius 1 is 1.32 bits per heavy atom. The van der Waals surface area contributed by atoms with Crippen LogP contribution in [0, 0.1) is 11.8 Å². The van der Waals surface area contributed by atoms with Gasteiger partial charge in [-0.15, -0.1) is 0 Å². The molecule has 6 nitrogen and oxygen atoms in total. The van der Waals surface area contributed by atoms with Crippen LogP contribution in [0.15, 0.2) is 21.2 Å². The first-order valence-corrected chi connectivity index (χ1v) is 9.14. The molecule has 140 valence electrons. The number of H-pyrrole nitrogens is 1. The van der Waals surface area contributed by atoms with Gasteiger partial charge in [0.2, 0.25) is 0 Å². The molecule has 0 saturated heterocycles. The molecule has 3 atom stereocenters. The van der Waals surface area contributed by atoms with E-state index in [9.17, 15) is 14.7 Å². The highest BCUT2D eigenvalue weighted by Crippen LogP contribution is 2.36. The highest BCUT2D eigenvalue weighted by molar-refractivity contribution is 5.31. The summed E-state index contributed by atoms with van der Waals surface area (Å²) >= 11 is 0. The number of hydrogen-bond donors (Lipinski definition) is 3. The van der Waals surface area contributed by atoms with Crippen molar-refractivity contribution in [1.82, 2.24) is 9.55 Å². The van der Waals surface area contributed by atoms with Crippen LogP contribution in [0.4, 0.5) is 0 Å². The second-order valence-electron chi connectivity index (χ2n) is 7.84. The molecule has 1 aromatic heterocycles. The van der Waals surface area contributed by atoms with Crippen LogP contribution in [0.5, 0.6) is 0 Å². The van der Waals surface area contributed by atoms with Crippen LogP contribution in [0.3, 0.4) is 0 Å². The minimum atomic E-state index is -0.966. The van der Waals surface area contributed by atoms with Gasteiger partial charge in [0.1, 0.15) is 6.10 Å². The van der Waals surface area contributed by atoms with E-state index in [1.165, 1.54) is 4.57 Å². The third-order valence-electron chi connectivity index (χ3n) is 4.98. The molecule has 6 heteroatoms. The average Bonchev–Trinajstić information content (AvgIpc) is 2.51. The number of aliphatic hydroxyl groups is 1. The Labute approximate surface area is 148 Å². The van der Waals surface area contributed by atoms with Gasteiger partial charge in [-0.25, -0.2) is 4.79 Å². The van der Waals surface area contributed by atoms with Crippen molar-refractivity contribution in [3.05, 3.63) is 43.7 Å². The number of aromatic amines is 1. The molecule has 0 radical (unpaired) electrons. The molecule has 3 unspecified atom stereocenters. The van der Waals surface area contributed by atoms with E-state index in [0.29, 0.717) is 36.1 Å². The lowest BCUT2D eigenvalue weighted by atomic mass is 9.80. The second kappa shape index (κ2) is 7.70. The molecule has 0 fully saturated rings. The Hall–Kier alpha value is -1.66. The van der Waals surface area contributed by atoms with Gasteiger partial charge in [0.05, 0.1) is 5.69 Å². The molecule has 0 spiro atoms. The van der Waals surface area contributed by atoms with Crippen LogP contribution < -0.4 is 17.0 Å². The first-order chi connectivity index (χ1) is 11.7. The highest BCUT2D eigenvalue weighted by atomic mass is 16.3. The van der Waals surface area contributed by atoms with E-state index in [0.717, 1.165) is 12.0 Å². The molecule has 0 saturated carbocycles. The number of aromatic nitrogens is 2. The van der Waals surface area contributed by atoms with Crippen LogP contribution in [0.25, 0.3) is 0 Å². The summed E-state index contributed by atoms with van der Waals surface area (Å²) in [5.74, 6) is 0.523. The molecule has 1 aliphatic carbocycles. The summed E-state index contributed by atoms with van der Waals surface area (Å²) in [6, 6.07) is -0.168. The Morgan fingerprint density at radius 2 is 1.96 bits per heavy atom. The predicted octanol–water partition coefficient (Wildman–Crippen LogP) is 2.21. The summed E-state index contributed by atoms with van der Waals surface area (Å²) in [6.45, 7) is 10.2. The average molecular weight is 349 g/mol. The van der Waals surface area contributed by atoms with Crippen molar-refractivity contribution in [1.29, 1.82) is 0 Å². The lowest BCUT2D eigenvalue weighted by Gasteiger charge is -2.31. The zero-order chi connectivity index (χ0) is 18.9. The smallest absolute Gasteiger partial charge is 0.328 e. The number of aliphatic hydroxyl groups excluding tert-OH is 1. The molecule has 0 aromatic carbocycles. The summed E-state index contributed by atoms with van der Waals surface area (Å²) in [7, 11) is 0. The van der Waals surface area contributed by atoms with Crippen molar-refractivity contribution in [3.63, 3.8) is 0 Å². The Morgan fingerprint density at radius 3 is 2.48 bits per heavy atom. The van der Waals surface area contributed by atoms with Crippen LogP contribution in [-0.2, 0) is 0 Å². The first kappa shape index (κ1) is 19.7. The number of nitrogens with two attached hydrogens (primary N) is 1. The number of allylic oxidation sites excluding steroid dienone is 1. The van der Waals surface area contributed by atoms with Crippen molar-refractivity contribution in [2.75, 3.05) is 6.54 Å². The molecule has 1 heterocycles. The predicted molar refractivity (Wildman–Crippen MR) is 99.8 cm³/mol. The van der Waals surface area contributed by atoms with Crippen molar-refractivity contribution in [3.8, 4) is 0 Å². The summed E-state index contributed by atoms with van der Waals surface area (Å²) in [4.78, 5) is 27.2. The highest BCUT2D eigenvalue weighted by Gasteiger charge is 2.30. The van der Waals surface area contributed by atoms with Gasteiger partial charge in [-0.05, 0) is 56.6 Å². The molecule has 25 heavy (non-hydrogen) atoms. The Kier molecular flexibility index (Phi) is 6.06. The van der Waals surface area contributed by atoms with E-state index >= 15 is 0 Å². The van der Waals surface area contributed by atoms with Crippen LogP contribution in [-0.4, -0.2) is 21.2 Å². The molecular weight excluding hydrogens is 318 g/mol. The van der Waals surface area contributed by atoms with Gasteiger partial charge in [0.25, 0.3) is 5.56 Å². The Bertz CT molecular complexity index is 718. The zero-order valence-corrected chi connectivity index (χ0v) is 15.9. The van der Waals surface area contributed by atoms with Crippen molar-refractivity contribution < 1.29 is 5.11 Å². The second-order valence-corrected chi connectivity index (χ2v) is 7.84. The summed E-state index contributed by atoms with van der Waals surface area (Å²) in [6.07, 6.45) is 2.79. The van der Waals surface area contributed by atoms with Gasteiger partial charge in [-0.2, -0.15) is 0 Å². The van der Waals surface area contributed by atoms with Crippen LogP contribution in [0.2, 0.25) is 0 Å². The number of hydrogen-bond acceptors (Lipinski definition) is 4. The molecule has 0 amide bonds. The fourth-order valence-corrected chi connectivity index (χ4v) is 3.93. The van der Waals surface area contributed by atoms with Gasteiger partial charge in [0.15, 0.2) is 0 Å². The lowest BCUT2D eigenvalue weighted by Crippen LogP contribution is -2.38. The summed E-state index contributed by atoms with van der Waals surface area (Å²) in [5.41, 5.74) is 6.73. The SMILES string of the molecule is CC1C=C(C(O)c2c(C(C)C)c(=O)[nH]c(=O)n2C(C)C)CC(CN)C1. The minimum Gasteiger partial charge on any atom is -0.382 e. The normalized spacial score (nSPS) is 22.4. The summed E-state index contributed by atoms with van der Waals surface area (Å²) < 4.78 is 1.51. The monoisotopic (exact) mass is 349 g/mol. The summed E-state index contributed by atoms with van der Waals surface area (Å²) in [5, 5.41) is 11.2. The Balaban J connectivity index is 2.68. The van der Waals surface area contributed by atoms with E-state index in [1.807, 2.05) is 27.7 Å². The van der Waals surface area contributed by atoms with E-state index in [1.54, 1.807) is 0 Å². The maximum atomic E-state index is 12.4. The third kappa shape index (κ3) is 3.96. The maximum Gasteiger partial charge on any atom is 0.328 e. The van der Waals surface area contributed by atoms with E-state index in [4.69, 9.17) is 5.73 Å². The molecule has 1 aromatic rings. The third-order valence-corrected chi connectivity index (χ3v) is 4.98. The molecule has 1 aliphatic rings. The first-order valence-electron chi connectivity index (χ1n) is 9.14. The van der Waals surface area contributed by atoms with Crippen molar-refractivity contribution in [2.24, 2.45) is 17.6 Å². The minimum absolute atomic E-state index is 0.106. The van der Waals surface area contributed by atoms with Gasteiger partial charge < -0.3 is 10.8 Å². The standard InChI is InChI=1S/C19H31N3O3/c1-10(2)15-16(22(11(3)4)19(25)21-18(15)24)17(23)14-7-12(5)6-13(8-14)9-20/h7,10-13,17,23H,6,8-9,20H2,1-5H3,(H,21,24,25). The van der Waals surface area contributed by atoms with Crippen molar-refractivity contribution in [2.45, 2.75) is 65.5 Å². The number of nitrogens with zero attached hydrogens (tertiary/aromatic N) is 1. The van der Waals surface area contributed by atoms with Crippen LogP contribution in [0.1, 0.15) is 76.8 Å². The molecule has 2 rings (SSSR count). The maximum absolute atomic E-state index is 12.4.